The summed E-state index contributed by atoms with van der Waals surface area (Å²) < 4.78 is 13.0. The average Bonchev–Trinajstić information content (AvgIpc) is 3.20. The van der Waals surface area contributed by atoms with Crippen molar-refractivity contribution >= 4 is 5.97 Å². The molecular formula is C15H20FNO2. The topological polar surface area (TPSA) is 40.5 Å². The van der Waals surface area contributed by atoms with Crippen LogP contribution < -0.4 is 0 Å². The maximum absolute atomic E-state index is 13.0. The maximum atomic E-state index is 13.0. The third kappa shape index (κ3) is 3.77. The average molecular weight is 265 g/mol. The minimum atomic E-state index is -0.764. The number of hydrogen-bond acceptors (Lipinski definition) is 2. The van der Waals surface area contributed by atoms with Gasteiger partial charge in [0.15, 0.2) is 0 Å². The Morgan fingerprint density at radius 2 is 2.05 bits per heavy atom. The number of carboxylic acid groups (broad SMARTS) is 1. The first-order valence-electron chi connectivity index (χ1n) is 6.84. The van der Waals surface area contributed by atoms with Crippen molar-refractivity contribution in [2.45, 2.75) is 44.7 Å². The first kappa shape index (κ1) is 14.0. The lowest BCUT2D eigenvalue weighted by Crippen LogP contribution is -2.32. The highest BCUT2D eigenvalue weighted by molar-refractivity contribution is 5.66. The van der Waals surface area contributed by atoms with Gasteiger partial charge >= 0.3 is 5.97 Å². The van der Waals surface area contributed by atoms with Gasteiger partial charge in [-0.3, -0.25) is 9.69 Å². The van der Waals surface area contributed by atoms with Crippen molar-refractivity contribution in [1.82, 2.24) is 4.90 Å². The van der Waals surface area contributed by atoms with Crippen LogP contribution in [0.25, 0.3) is 0 Å². The zero-order valence-corrected chi connectivity index (χ0v) is 11.2. The summed E-state index contributed by atoms with van der Waals surface area (Å²) >= 11 is 0. The van der Waals surface area contributed by atoms with E-state index in [2.05, 4.69) is 11.8 Å². The number of aliphatic carboxylic acids is 1. The molecule has 104 valence electrons. The number of rotatable bonds is 7. The summed E-state index contributed by atoms with van der Waals surface area (Å²) in [5, 5.41) is 8.85. The van der Waals surface area contributed by atoms with Gasteiger partial charge < -0.3 is 5.11 Å². The largest absolute Gasteiger partial charge is 0.481 e. The molecule has 19 heavy (non-hydrogen) atoms. The number of benzene rings is 1. The molecule has 0 saturated heterocycles. The quantitative estimate of drug-likeness (QED) is 0.823. The summed E-state index contributed by atoms with van der Waals surface area (Å²) in [4.78, 5) is 13.0. The molecule has 1 saturated carbocycles. The summed E-state index contributed by atoms with van der Waals surface area (Å²) in [6.07, 6.45) is 3.34. The van der Waals surface area contributed by atoms with Gasteiger partial charge in [-0.15, -0.1) is 0 Å². The molecule has 0 aliphatic heterocycles. The number of nitrogens with zero attached hydrogens (tertiary/aromatic N) is 1. The monoisotopic (exact) mass is 265 g/mol. The number of carboxylic acids is 1. The predicted octanol–water partition coefficient (Wildman–Crippen LogP) is 3.22. The summed E-state index contributed by atoms with van der Waals surface area (Å²) in [7, 11) is 0. The van der Waals surface area contributed by atoms with E-state index >= 15 is 0 Å². The standard InChI is InChI=1S/C15H20FNO2/c1-2-14(11-3-5-12(16)6-4-11)17(13-7-8-13)10-9-15(18)19/h3-6,13-14H,2,7-10H2,1H3,(H,18,19). The lowest BCUT2D eigenvalue weighted by Gasteiger charge is -2.31. The molecule has 0 spiro atoms. The molecule has 0 bridgehead atoms. The van der Waals surface area contributed by atoms with E-state index in [0.717, 1.165) is 24.8 Å². The molecule has 0 heterocycles. The molecule has 1 N–H and O–H groups in total. The van der Waals surface area contributed by atoms with Crippen LogP contribution in [0.2, 0.25) is 0 Å². The Balaban J connectivity index is 2.12. The zero-order valence-electron chi connectivity index (χ0n) is 11.2. The fourth-order valence-electron chi connectivity index (χ4n) is 2.57. The third-order valence-electron chi connectivity index (χ3n) is 3.64. The predicted molar refractivity (Wildman–Crippen MR) is 71.4 cm³/mol. The second-order valence-electron chi connectivity index (χ2n) is 5.09. The van der Waals surface area contributed by atoms with Gasteiger partial charge in [0.2, 0.25) is 0 Å². The molecule has 0 amide bonds. The SMILES string of the molecule is CCC(c1ccc(F)cc1)N(CCC(=O)O)C1CC1. The Kier molecular flexibility index (Phi) is 4.53. The van der Waals surface area contributed by atoms with Crippen LogP contribution in [-0.4, -0.2) is 28.6 Å². The second kappa shape index (κ2) is 6.15. The van der Waals surface area contributed by atoms with Crippen molar-refractivity contribution in [3.63, 3.8) is 0 Å². The Labute approximate surface area is 113 Å². The molecule has 0 aromatic heterocycles. The van der Waals surface area contributed by atoms with E-state index in [0.29, 0.717) is 12.6 Å². The van der Waals surface area contributed by atoms with Gasteiger partial charge in [0, 0.05) is 18.6 Å². The van der Waals surface area contributed by atoms with Crippen molar-refractivity contribution in [3.05, 3.63) is 35.6 Å². The normalized spacial score (nSPS) is 16.6. The molecule has 3 nitrogen and oxygen atoms in total. The highest BCUT2D eigenvalue weighted by Crippen LogP contribution is 2.36. The summed E-state index contributed by atoms with van der Waals surface area (Å²) in [5.74, 6) is -0.998. The third-order valence-corrected chi connectivity index (χ3v) is 3.64. The minimum absolute atomic E-state index is 0.161. The van der Waals surface area contributed by atoms with Crippen molar-refractivity contribution in [2.75, 3.05) is 6.54 Å². The van der Waals surface area contributed by atoms with E-state index in [1.165, 1.54) is 12.1 Å². The van der Waals surface area contributed by atoms with E-state index in [-0.39, 0.29) is 18.3 Å². The van der Waals surface area contributed by atoms with Crippen LogP contribution in [0.5, 0.6) is 0 Å². The van der Waals surface area contributed by atoms with Crippen LogP contribution in [0.3, 0.4) is 0 Å². The van der Waals surface area contributed by atoms with Gasteiger partial charge in [-0.1, -0.05) is 19.1 Å². The molecule has 1 unspecified atom stereocenters. The molecule has 1 aromatic carbocycles. The van der Waals surface area contributed by atoms with Crippen molar-refractivity contribution in [2.24, 2.45) is 0 Å². The zero-order chi connectivity index (χ0) is 13.8. The molecule has 0 radical (unpaired) electrons. The Hall–Kier alpha value is -1.42. The smallest absolute Gasteiger partial charge is 0.304 e. The van der Waals surface area contributed by atoms with Gasteiger partial charge in [0.25, 0.3) is 0 Å². The maximum Gasteiger partial charge on any atom is 0.304 e. The van der Waals surface area contributed by atoms with Crippen molar-refractivity contribution in [1.29, 1.82) is 0 Å². The molecule has 4 heteroatoms. The van der Waals surface area contributed by atoms with Crippen LogP contribution >= 0.6 is 0 Å². The Bertz CT molecular complexity index is 428. The van der Waals surface area contributed by atoms with Gasteiger partial charge in [-0.05, 0) is 37.0 Å². The molecule has 1 atom stereocenters. The molecule has 1 fully saturated rings. The van der Waals surface area contributed by atoms with Crippen LogP contribution in [-0.2, 0) is 4.79 Å². The van der Waals surface area contributed by atoms with Gasteiger partial charge in [0.05, 0.1) is 6.42 Å². The highest BCUT2D eigenvalue weighted by atomic mass is 19.1. The summed E-state index contributed by atoms with van der Waals surface area (Å²) in [5.41, 5.74) is 1.07. The first-order valence-corrected chi connectivity index (χ1v) is 6.84. The van der Waals surface area contributed by atoms with Crippen LogP contribution in [0.1, 0.15) is 44.2 Å². The lowest BCUT2D eigenvalue weighted by molar-refractivity contribution is -0.137. The number of halogens is 1. The fraction of sp³-hybridized carbons (Fsp3) is 0.533. The molecule has 2 rings (SSSR count). The highest BCUT2D eigenvalue weighted by Gasteiger charge is 2.33. The van der Waals surface area contributed by atoms with E-state index in [1.807, 2.05) is 0 Å². The Morgan fingerprint density at radius 3 is 2.53 bits per heavy atom. The van der Waals surface area contributed by atoms with Crippen LogP contribution in [0.4, 0.5) is 4.39 Å². The lowest BCUT2D eigenvalue weighted by atomic mass is 10.0. The van der Waals surface area contributed by atoms with Crippen LogP contribution in [0, 0.1) is 5.82 Å². The molecule has 1 aromatic rings. The summed E-state index contributed by atoms with van der Waals surface area (Å²) in [6, 6.07) is 7.24. The van der Waals surface area contributed by atoms with Gasteiger partial charge in [0.1, 0.15) is 5.82 Å². The van der Waals surface area contributed by atoms with E-state index in [1.54, 1.807) is 12.1 Å². The minimum Gasteiger partial charge on any atom is -0.481 e. The van der Waals surface area contributed by atoms with E-state index in [4.69, 9.17) is 5.11 Å². The van der Waals surface area contributed by atoms with Gasteiger partial charge in [-0.2, -0.15) is 0 Å². The number of carbonyl (C=O) groups is 1. The van der Waals surface area contributed by atoms with E-state index in [9.17, 15) is 9.18 Å². The van der Waals surface area contributed by atoms with Crippen molar-refractivity contribution in [3.8, 4) is 0 Å². The summed E-state index contributed by atoms with van der Waals surface area (Å²) in [6.45, 7) is 2.65. The van der Waals surface area contributed by atoms with E-state index < -0.39 is 5.97 Å². The fourth-order valence-corrected chi connectivity index (χ4v) is 2.57. The van der Waals surface area contributed by atoms with Gasteiger partial charge in [-0.25, -0.2) is 4.39 Å². The van der Waals surface area contributed by atoms with Crippen molar-refractivity contribution < 1.29 is 14.3 Å². The molecule has 1 aliphatic carbocycles. The molecular weight excluding hydrogens is 245 g/mol. The van der Waals surface area contributed by atoms with Crippen LogP contribution in [0.15, 0.2) is 24.3 Å². The Morgan fingerprint density at radius 1 is 1.42 bits per heavy atom. The number of hydrogen-bond donors (Lipinski definition) is 1. The second-order valence-corrected chi connectivity index (χ2v) is 5.09. The first-order chi connectivity index (χ1) is 9.11. The molecule has 1 aliphatic rings.